The molecule has 0 bridgehead atoms. The van der Waals surface area contributed by atoms with Gasteiger partial charge in [0.15, 0.2) is 0 Å². The second-order valence-corrected chi connectivity index (χ2v) is 6.44. The van der Waals surface area contributed by atoms with Gasteiger partial charge in [0.05, 0.1) is 6.04 Å². The van der Waals surface area contributed by atoms with Gasteiger partial charge >= 0.3 is 0 Å². The van der Waals surface area contributed by atoms with Crippen LogP contribution in [0.4, 0.5) is 4.39 Å². The Balaban J connectivity index is 1.68. The van der Waals surface area contributed by atoms with Crippen molar-refractivity contribution in [3.8, 4) is 10.6 Å². The van der Waals surface area contributed by atoms with Gasteiger partial charge in [0.25, 0.3) is 0 Å². The first-order valence-electron chi connectivity index (χ1n) is 7.86. The van der Waals surface area contributed by atoms with E-state index in [9.17, 15) is 9.18 Å². The molecule has 25 heavy (non-hydrogen) atoms. The zero-order chi connectivity index (χ0) is 17.6. The quantitative estimate of drug-likeness (QED) is 0.668. The van der Waals surface area contributed by atoms with E-state index in [1.165, 1.54) is 18.2 Å². The van der Waals surface area contributed by atoms with Crippen molar-refractivity contribution in [1.82, 2.24) is 10.3 Å². The molecule has 0 aliphatic heterocycles. The molecule has 3 rings (SSSR count). The Kier molecular flexibility index (Phi) is 5.36. The second kappa shape index (κ2) is 7.85. The normalized spacial score (nSPS) is 12.2. The third kappa shape index (κ3) is 4.39. The third-order valence-electron chi connectivity index (χ3n) is 3.74. The summed E-state index contributed by atoms with van der Waals surface area (Å²) in [5, 5.41) is 5.77. The molecule has 0 fully saturated rings. The number of nitrogens with zero attached hydrogens (tertiary/aromatic N) is 1. The zero-order valence-corrected chi connectivity index (χ0v) is 14.5. The fraction of sp³-hybridized carbons (Fsp3) is 0.100. The molecule has 1 N–H and O–H groups in total. The van der Waals surface area contributed by atoms with E-state index in [0.29, 0.717) is 5.56 Å². The van der Waals surface area contributed by atoms with Crippen molar-refractivity contribution >= 4 is 23.3 Å². The first-order valence-corrected chi connectivity index (χ1v) is 8.74. The van der Waals surface area contributed by atoms with E-state index in [0.717, 1.165) is 16.1 Å². The lowest BCUT2D eigenvalue weighted by molar-refractivity contribution is -0.117. The van der Waals surface area contributed by atoms with Gasteiger partial charge < -0.3 is 5.32 Å². The van der Waals surface area contributed by atoms with Crippen molar-refractivity contribution in [2.75, 3.05) is 0 Å². The summed E-state index contributed by atoms with van der Waals surface area (Å²) in [5.41, 5.74) is 2.40. The number of rotatable bonds is 5. The van der Waals surface area contributed by atoms with Crippen LogP contribution in [0, 0.1) is 5.82 Å². The molecule has 1 unspecified atom stereocenters. The van der Waals surface area contributed by atoms with Crippen molar-refractivity contribution in [2.24, 2.45) is 0 Å². The maximum atomic E-state index is 13.6. The summed E-state index contributed by atoms with van der Waals surface area (Å²) in [6.07, 6.45) is 4.59. The number of benzene rings is 2. The summed E-state index contributed by atoms with van der Waals surface area (Å²) in [6.45, 7) is 1.91. The molecule has 0 saturated carbocycles. The van der Waals surface area contributed by atoms with Gasteiger partial charge in [-0.05, 0) is 30.7 Å². The van der Waals surface area contributed by atoms with E-state index in [1.54, 1.807) is 35.7 Å². The van der Waals surface area contributed by atoms with E-state index in [1.807, 2.05) is 36.6 Å². The monoisotopic (exact) mass is 352 g/mol. The molecule has 3 aromatic rings. The minimum absolute atomic E-state index is 0.169. The number of thiazole rings is 1. The molecule has 0 aliphatic rings. The molecular formula is C20H17FN2OS. The van der Waals surface area contributed by atoms with E-state index in [-0.39, 0.29) is 17.8 Å². The fourth-order valence-electron chi connectivity index (χ4n) is 2.43. The number of hydrogen-bond acceptors (Lipinski definition) is 3. The molecule has 2 aromatic carbocycles. The SMILES string of the molecule is CC(NC(=O)/C=C/c1ccccc1F)c1cccc(-c2nccs2)c1. The second-order valence-electron chi connectivity index (χ2n) is 5.55. The smallest absolute Gasteiger partial charge is 0.244 e. The number of halogens is 1. The average Bonchev–Trinajstić information content (AvgIpc) is 3.16. The maximum absolute atomic E-state index is 13.6. The largest absolute Gasteiger partial charge is 0.346 e. The lowest BCUT2D eigenvalue weighted by atomic mass is 10.1. The summed E-state index contributed by atoms with van der Waals surface area (Å²) in [7, 11) is 0. The molecule has 0 spiro atoms. The van der Waals surface area contributed by atoms with Crippen molar-refractivity contribution in [1.29, 1.82) is 0 Å². The van der Waals surface area contributed by atoms with Crippen LogP contribution in [0.1, 0.15) is 24.1 Å². The highest BCUT2D eigenvalue weighted by atomic mass is 32.1. The molecule has 1 heterocycles. The standard InChI is InChI=1S/C20H17FN2OS/c1-14(16-6-4-7-17(13-16)20-22-11-12-25-20)23-19(24)10-9-15-5-2-3-8-18(15)21/h2-14H,1H3,(H,23,24)/b10-9+. The summed E-state index contributed by atoms with van der Waals surface area (Å²) in [5.74, 6) is -0.619. The van der Waals surface area contributed by atoms with Crippen molar-refractivity contribution in [3.05, 3.63) is 83.1 Å². The van der Waals surface area contributed by atoms with Gasteiger partial charge in [0.2, 0.25) is 5.91 Å². The molecule has 1 aromatic heterocycles. The summed E-state index contributed by atoms with van der Waals surface area (Å²) < 4.78 is 13.6. The topological polar surface area (TPSA) is 42.0 Å². The van der Waals surface area contributed by atoms with Crippen LogP contribution in [0.25, 0.3) is 16.6 Å². The van der Waals surface area contributed by atoms with Crippen molar-refractivity contribution < 1.29 is 9.18 Å². The molecule has 0 radical (unpaired) electrons. The van der Waals surface area contributed by atoms with Crippen LogP contribution in [-0.4, -0.2) is 10.9 Å². The Bertz CT molecular complexity index is 890. The molecule has 1 atom stereocenters. The molecule has 0 aliphatic carbocycles. The first kappa shape index (κ1) is 17.0. The number of amides is 1. The van der Waals surface area contributed by atoms with Gasteiger partial charge in [0, 0.05) is 28.8 Å². The van der Waals surface area contributed by atoms with Crippen molar-refractivity contribution in [3.63, 3.8) is 0 Å². The van der Waals surface area contributed by atoms with Crippen LogP contribution in [0.15, 0.2) is 66.2 Å². The van der Waals surface area contributed by atoms with E-state index >= 15 is 0 Å². The van der Waals surface area contributed by atoms with Gasteiger partial charge in [-0.3, -0.25) is 4.79 Å². The zero-order valence-electron chi connectivity index (χ0n) is 13.6. The molecule has 3 nitrogen and oxygen atoms in total. The van der Waals surface area contributed by atoms with Crippen LogP contribution in [0.2, 0.25) is 0 Å². The highest BCUT2D eigenvalue weighted by Gasteiger charge is 2.10. The Morgan fingerprint density at radius 2 is 2.08 bits per heavy atom. The molecule has 126 valence electrons. The Morgan fingerprint density at radius 3 is 2.84 bits per heavy atom. The molecular weight excluding hydrogens is 335 g/mol. The molecule has 0 saturated heterocycles. The van der Waals surface area contributed by atoms with E-state index < -0.39 is 0 Å². The van der Waals surface area contributed by atoms with Crippen LogP contribution in [0.5, 0.6) is 0 Å². The first-order chi connectivity index (χ1) is 12.1. The number of carbonyl (C=O) groups is 1. The number of aromatic nitrogens is 1. The Morgan fingerprint density at radius 1 is 1.24 bits per heavy atom. The van der Waals surface area contributed by atoms with Crippen LogP contribution < -0.4 is 5.32 Å². The number of carbonyl (C=O) groups excluding carboxylic acids is 1. The van der Waals surface area contributed by atoms with Gasteiger partial charge in [-0.1, -0.05) is 36.4 Å². The molecule has 1 amide bonds. The highest BCUT2D eigenvalue weighted by Crippen LogP contribution is 2.24. The predicted octanol–water partition coefficient (Wildman–Crippen LogP) is 4.84. The van der Waals surface area contributed by atoms with E-state index in [4.69, 9.17) is 0 Å². The Labute approximate surface area is 149 Å². The van der Waals surface area contributed by atoms with Crippen LogP contribution in [-0.2, 0) is 4.79 Å². The van der Waals surface area contributed by atoms with E-state index in [2.05, 4.69) is 10.3 Å². The highest BCUT2D eigenvalue weighted by molar-refractivity contribution is 7.13. The lowest BCUT2D eigenvalue weighted by Gasteiger charge is -2.13. The fourth-order valence-corrected chi connectivity index (χ4v) is 3.06. The average molecular weight is 352 g/mol. The van der Waals surface area contributed by atoms with Gasteiger partial charge in [0.1, 0.15) is 10.8 Å². The minimum Gasteiger partial charge on any atom is -0.346 e. The van der Waals surface area contributed by atoms with Gasteiger partial charge in [-0.25, -0.2) is 9.37 Å². The summed E-state index contributed by atoms with van der Waals surface area (Å²) in [4.78, 5) is 16.4. The van der Waals surface area contributed by atoms with Crippen molar-refractivity contribution in [2.45, 2.75) is 13.0 Å². The summed E-state index contributed by atoms with van der Waals surface area (Å²) in [6, 6.07) is 14.1. The maximum Gasteiger partial charge on any atom is 0.244 e. The number of nitrogens with one attached hydrogen (secondary N) is 1. The lowest BCUT2D eigenvalue weighted by Crippen LogP contribution is -2.24. The number of hydrogen-bond donors (Lipinski definition) is 1. The Hall–Kier alpha value is -2.79. The minimum atomic E-state index is -0.351. The third-order valence-corrected chi connectivity index (χ3v) is 4.57. The molecule has 5 heteroatoms. The van der Waals surface area contributed by atoms with Crippen LogP contribution in [0.3, 0.4) is 0 Å². The van der Waals surface area contributed by atoms with Crippen LogP contribution >= 0.6 is 11.3 Å². The van der Waals surface area contributed by atoms with Gasteiger partial charge in [-0.15, -0.1) is 11.3 Å². The van der Waals surface area contributed by atoms with Gasteiger partial charge in [-0.2, -0.15) is 0 Å². The summed E-state index contributed by atoms with van der Waals surface area (Å²) >= 11 is 1.57. The predicted molar refractivity (Wildman–Crippen MR) is 99.5 cm³/mol.